The Morgan fingerprint density at radius 1 is 1.27 bits per heavy atom. The van der Waals surface area contributed by atoms with Gasteiger partial charge >= 0.3 is 18.9 Å². The van der Waals surface area contributed by atoms with Crippen molar-refractivity contribution in [3.8, 4) is 0 Å². The molecule has 0 aromatic rings. The first-order valence-corrected chi connectivity index (χ1v) is 4.38. The maximum Gasteiger partial charge on any atom is 1.00 e. The molecule has 1 aliphatic rings. The fourth-order valence-corrected chi connectivity index (χ4v) is 1.54. The average Bonchev–Trinajstić information content (AvgIpc) is 2.05. The maximum absolute atomic E-state index is 3.92. The summed E-state index contributed by atoms with van der Waals surface area (Å²) in [4.78, 5) is 2.55. The fraction of sp³-hybridized carbons (Fsp3) is 0.889. The van der Waals surface area contributed by atoms with E-state index in [4.69, 9.17) is 0 Å². The Hall–Kier alpha value is 0.557. The predicted molar refractivity (Wildman–Crippen MR) is 44.9 cm³/mol. The predicted octanol–water partition coefficient (Wildman–Crippen LogP) is -0.911. The van der Waals surface area contributed by atoms with E-state index < -0.39 is 0 Å². The van der Waals surface area contributed by atoms with Gasteiger partial charge in [0.1, 0.15) is 0 Å². The Morgan fingerprint density at radius 2 is 1.82 bits per heavy atom. The Kier molecular flexibility index (Phi) is 6.43. The summed E-state index contributed by atoms with van der Waals surface area (Å²) < 4.78 is 0. The Bertz CT molecular complexity index is 89.6. The number of hydrogen-bond acceptors (Lipinski definition) is 1. The molecule has 2 heteroatoms. The first-order chi connectivity index (χ1) is 4.84. The molecule has 60 valence electrons. The molecule has 0 amide bonds. The molecule has 1 heterocycles. The molecule has 0 aromatic carbocycles. The molecule has 1 atom stereocenters. The van der Waals surface area contributed by atoms with E-state index in [2.05, 4.69) is 18.7 Å². The van der Waals surface area contributed by atoms with Crippen LogP contribution in [0, 0.1) is 6.92 Å². The topological polar surface area (TPSA) is 3.24 Å². The van der Waals surface area contributed by atoms with Crippen molar-refractivity contribution >= 4 is 0 Å². The van der Waals surface area contributed by atoms with Crippen molar-refractivity contribution in [2.45, 2.75) is 38.6 Å². The molecule has 1 rings (SSSR count). The molecule has 0 saturated carbocycles. The molecule has 1 fully saturated rings. The zero-order valence-corrected chi connectivity index (χ0v) is 7.97. The summed E-state index contributed by atoms with van der Waals surface area (Å²) in [7, 11) is 0. The van der Waals surface area contributed by atoms with Gasteiger partial charge in [0.25, 0.3) is 0 Å². The van der Waals surface area contributed by atoms with E-state index >= 15 is 0 Å². The summed E-state index contributed by atoms with van der Waals surface area (Å²) in [6.07, 6.45) is 5.27. The largest absolute Gasteiger partial charge is 1.00 e. The van der Waals surface area contributed by atoms with Crippen LogP contribution in [0.15, 0.2) is 0 Å². The fourth-order valence-electron chi connectivity index (χ4n) is 1.54. The molecule has 1 nitrogen and oxygen atoms in total. The molecule has 1 aliphatic heterocycles. The quantitative estimate of drug-likeness (QED) is 0.361. The average molecular weight is 147 g/mol. The van der Waals surface area contributed by atoms with Gasteiger partial charge in [-0.05, 0) is 32.0 Å². The number of likely N-dealkylation sites (tertiary alicyclic amines) is 1. The number of nitrogens with zero attached hydrogens (tertiary/aromatic N) is 1. The van der Waals surface area contributed by atoms with Crippen molar-refractivity contribution in [3.63, 3.8) is 0 Å². The van der Waals surface area contributed by atoms with Gasteiger partial charge in [-0.1, -0.05) is 13.3 Å². The molecule has 0 spiro atoms. The normalized spacial score (nSPS) is 22.4. The SMILES string of the molecule is [CH2-]CC(C)N1CCCCC1.[Li+]. The first kappa shape index (κ1) is 11.6. The maximum atomic E-state index is 3.92. The molecular weight excluding hydrogens is 129 g/mol. The van der Waals surface area contributed by atoms with Crippen LogP contribution in [0.3, 0.4) is 0 Å². The van der Waals surface area contributed by atoms with Crippen LogP contribution in [0.4, 0.5) is 0 Å². The monoisotopic (exact) mass is 147 g/mol. The smallest absolute Gasteiger partial charge is 0.342 e. The standard InChI is InChI=1S/C9H18N.Li/c1-3-9(2)10-7-5-4-6-8-10;/h9H,1,3-8H2,2H3;/q-1;+1. The first-order valence-electron chi connectivity index (χ1n) is 4.38. The second-order valence-corrected chi connectivity index (χ2v) is 3.23. The van der Waals surface area contributed by atoms with Crippen LogP contribution >= 0.6 is 0 Å². The Labute approximate surface area is 82.7 Å². The van der Waals surface area contributed by atoms with Crippen molar-refractivity contribution in [1.82, 2.24) is 4.90 Å². The van der Waals surface area contributed by atoms with Crippen LogP contribution in [0.1, 0.15) is 32.6 Å². The van der Waals surface area contributed by atoms with Gasteiger partial charge in [-0.2, -0.15) is 6.42 Å². The zero-order valence-electron chi connectivity index (χ0n) is 7.97. The molecule has 0 aliphatic carbocycles. The van der Waals surface area contributed by atoms with Gasteiger partial charge in [0.05, 0.1) is 0 Å². The van der Waals surface area contributed by atoms with E-state index in [-0.39, 0.29) is 18.9 Å². The third-order valence-electron chi connectivity index (χ3n) is 2.43. The van der Waals surface area contributed by atoms with E-state index in [0.717, 1.165) is 6.42 Å². The van der Waals surface area contributed by atoms with Crippen molar-refractivity contribution in [1.29, 1.82) is 0 Å². The minimum absolute atomic E-state index is 0. The van der Waals surface area contributed by atoms with Gasteiger partial charge < -0.3 is 11.8 Å². The van der Waals surface area contributed by atoms with E-state index in [9.17, 15) is 0 Å². The van der Waals surface area contributed by atoms with Gasteiger partial charge in [0, 0.05) is 0 Å². The van der Waals surface area contributed by atoms with E-state index in [0.29, 0.717) is 6.04 Å². The number of hydrogen-bond donors (Lipinski definition) is 0. The van der Waals surface area contributed by atoms with E-state index in [1.54, 1.807) is 0 Å². The molecule has 0 radical (unpaired) electrons. The molecule has 0 N–H and O–H groups in total. The van der Waals surface area contributed by atoms with Crippen LogP contribution in [-0.4, -0.2) is 24.0 Å². The summed E-state index contributed by atoms with van der Waals surface area (Å²) in [5.74, 6) is 0. The van der Waals surface area contributed by atoms with Crippen molar-refractivity contribution in [3.05, 3.63) is 6.92 Å². The second kappa shape index (κ2) is 6.12. The van der Waals surface area contributed by atoms with E-state index in [1.165, 1.54) is 32.4 Å². The summed E-state index contributed by atoms with van der Waals surface area (Å²) in [6, 6.07) is 0.709. The van der Waals surface area contributed by atoms with Gasteiger partial charge in [0.2, 0.25) is 0 Å². The minimum Gasteiger partial charge on any atom is -0.342 e. The van der Waals surface area contributed by atoms with Gasteiger partial charge in [-0.25, -0.2) is 0 Å². The number of piperidine rings is 1. The Morgan fingerprint density at radius 3 is 2.27 bits per heavy atom. The van der Waals surface area contributed by atoms with Crippen molar-refractivity contribution in [2.75, 3.05) is 13.1 Å². The second-order valence-electron chi connectivity index (χ2n) is 3.23. The van der Waals surface area contributed by atoms with Gasteiger partial charge in [0.15, 0.2) is 0 Å². The third kappa shape index (κ3) is 3.65. The van der Waals surface area contributed by atoms with Gasteiger partial charge in [-0.15, -0.1) is 0 Å². The molecular formula is C9H18LiN. The molecule has 0 bridgehead atoms. The molecule has 11 heavy (non-hydrogen) atoms. The van der Waals surface area contributed by atoms with E-state index in [1.807, 2.05) is 0 Å². The van der Waals surface area contributed by atoms with Crippen LogP contribution < -0.4 is 18.9 Å². The molecule has 1 unspecified atom stereocenters. The van der Waals surface area contributed by atoms with Crippen LogP contribution in [0.2, 0.25) is 0 Å². The van der Waals surface area contributed by atoms with Gasteiger partial charge in [-0.3, -0.25) is 0 Å². The van der Waals surface area contributed by atoms with Crippen LogP contribution in [0.25, 0.3) is 0 Å². The van der Waals surface area contributed by atoms with Crippen molar-refractivity contribution < 1.29 is 18.9 Å². The van der Waals surface area contributed by atoms with Crippen molar-refractivity contribution in [2.24, 2.45) is 0 Å². The minimum atomic E-state index is 0. The summed E-state index contributed by atoms with van der Waals surface area (Å²) in [5, 5.41) is 0. The zero-order chi connectivity index (χ0) is 7.40. The third-order valence-corrected chi connectivity index (χ3v) is 2.43. The number of rotatable bonds is 2. The Balaban J connectivity index is 0.000001000. The summed E-state index contributed by atoms with van der Waals surface area (Å²) >= 11 is 0. The molecule has 0 aromatic heterocycles. The molecule has 1 saturated heterocycles. The summed E-state index contributed by atoms with van der Waals surface area (Å²) in [6.45, 7) is 8.80. The summed E-state index contributed by atoms with van der Waals surface area (Å²) in [5.41, 5.74) is 0. The van der Waals surface area contributed by atoms with Crippen LogP contribution in [0.5, 0.6) is 0 Å². The van der Waals surface area contributed by atoms with Crippen LogP contribution in [-0.2, 0) is 0 Å².